The van der Waals surface area contributed by atoms with Crippen molar-refractivity contribution in [3.63, 3.8) is 0 Å². The molecule has 0 bridgehead atoms. The Balaban J connectivity index is 1.47. The lowest BCUT2D eigenvalue weighted by atomic mass is 9.87. The van der Waals surface area contributed by atoms with E-state index in [9.17, 15) is 4.79 Å². The van der Waals surface area contributed by atoms with Gasteiger partial charge >= 0.3 is 0 Å². The number of rotatable bonds is 5. The smallest absolute Gasteiger partial charge is 0.227 e. The lowest BCUT2D eigenvalue weighted by molar-refractivity contribution is -0.122. The van der Waals surface area contributed by atoms with Crippen LogP contribution in [0.2, 0.25) is 0 Å². The summed E-state index contributed by atoms with van der Waals surface area (Å²) in [5.74, 6) is 1.91. The zero-order chi connectivity index (χ0) is 15.4. The molecule has 118 valence electrons. The third-order valence-electron chi connectivity index (χ3n) is 4.11. The highest BCUT2D eigenvalue weighted by atomic mass is 32.1. The van der Waals surface area contributed by atoms with Gasteiger partial charge in [0.25, 0.3) is 0 Å². The van der Waals surface area contributed by atoms with Crippen molar-refractivity contribution in [3.8, 4) is 11.4 Å². The second-order valence-corrected chi connectivity index (χ2v) is 6.84. The normalized spacial score (nSPS) is 21.7. The highest BCUT2D eigenvalue weighted by molar-refractivity contribution is 7.08. The summed E-state index contributed by atoms with van der Waals surface area (Å²) in [6, 6.07) is 2.29. The van der Waals surface area contributed by atoms with E-state index >= 15 is 0 Å². The van der Waals surface area contributed by atoms with E-state index in [4.69, 9.17) is 4.52 Å². The first-order chi connectivity index (χ1) is 10.7. The Hall–Kier alpha value is -1.69. The van der Waals surface area contributed by atoms with Gasteiger partial charge in [0, 0.05) is 29.8 Å². The molecule has 3 rings (SSSR count). The van der Waals surface area contributed by atoms with Crippen LogP contribution in [0.4, 0.5) is 0 Å². The first-order valence-corrected chi connectivity index (χ1v) is 8.79. The molecule has 0 spiro atoms. The van der Waals surface area contributed by atoms with Gasteiger partial charge in [0.15, 0.2) is 0 Å². The molecule has 6 heteroatoms. The van der Waals surface area contributed by atoms with Crippen LogP contribution >= 0.6 is 11.3 Å². The maximum atomic E-state index is 12.0. The average molecular weight is 319 g/mol. The van der Waals surface area contributed by atoms with Crippen LogP contribution in [0.15, 0.2) is 21.3 Å². The molecule has 1 aliphatic carbocycles. The number of amides is 1. The number of nitrogens with one attached hydrogen (secondary N) is 1. The van der Waals surface area contributed by atoms with Crippen molar-refractivity contribution < 1.29 is 9.32 Å². The van der Waals surface area contributed by atoms with Crippen LogP contribution in [0.1, 0.15) is 44.9 Å². The summed E-state index contributed by atoms with van der Waals surface area (Å²) in [5.41, 5.74) is 0.959. The molecule has 1 amide bonds. The largest absolute Gasteiger partial charge is 0.353 e. The number of nitrogens with zero attached hydrogens (tertiary/aromatic N) is 2. The molecule has 2 aromatic heterocycles. The van der Waals surface area contributed by atoms with Crippen LogP contribution in [0.5, 0.6) is 0 Å². The molecule has 2 atom stereocenters. The maximum Gasteiger partial charge on any atom is 0.227 e. The van der Waals surface area contributed by atoms with E-state index in [1.807, 2.05) is 16.8 Å². The highest BCUT2D eigenvalue weighted by Crippen LogP contribution is 2.23. The summed E-state index contributed by atoms with van der Waals surface area (Å²) in [7, 11) is 0. The Bertz CT molecular complexity index is 609. The predicted molar refractivity (Wildman–Crippen MR) is 85.5 cm³/mol. The molecule has 0 radical (unpaired) electrons. The Morgan fingerprint density at radius 1 is 1.50 bits per heavy atom. The van der Waals surface area contributed by atoms with Gasteiger partial charge < -0.3 is 9.84 Å². The van der Waals surface area contributed by atoms with Gasteiger partial charge in [-0.25, -0.2) is 0 Å². The molecule has 1 N–H and O–H groups in total. The molecule has 1 aliphatic rings. The van der Waals surface area contributed by atoms with Crippen molar-refractivity contribution >= 4 is 17.2 Å². The van der Waals surface area contributed by atoms with E-state index < -0.39 is 0 Å². The second kappa shape index (κ2) is 7.05. The number of thiophene rings is 1. The van der Waals surface area contributed by atoms with Gasteiger partial charge in [-0.1, -0.05) is 24.9 Å². The minimum absolute atomic E-state index is 0.0781. The minimum atomic E-state index is 0.0781. The maximum absolute atomic E-state index is 12.0. The van der Waals surface area contributed by atoms with Gasteiger partial charge in [-0.05, 0) is 30.2 Å². The van der Waals surface area contributed by atoms with Crippen LogP contribution < -0.4 is 5.32 Å². The molecular weight excluding hydrogens is 298 g/mol. The molecule has 0 aliphatic heterocycles. The van der Waals surface area contributed by atoms with Crippen molar-refractivity contribution in [2.24, 2.45) is 5.92 Å². The monoisotopic (exact) mass is 319 g/mol. The van der Waals surface area contributed by atoms with Gasteiger partial charge in [-0.3, -0.25) is 4.79 Å². The summed E-state index contributed by atoms with van der Waals surface area (Å²) < 4.78 is 5.21. The Morgan fingerprint density at radius 3 is 3.18 bits per heavy atom. The Morgan fingerprint density at radius 2 is 2.41 bits per heavy atom. The molecular formula is C16H21N3O2S. The lowest BCUT2D eigenvalue weighted by Crippen LogP contribution is -2.38. The zero-order valence-electron chi connectivity index (χ0n) is 12.7. The molecule has 22 heavy (non-hydrogen) atoms. The molecule has 0 aromatic carbocycles. The average Bonchev–Trinajstić information content (AvgIpc) is 3.16. The first kappa shape index (κ1) is 15.2. The molecule has 1 fully saturated rings. The van der Waals surface area contributed by atoms with Crippen LogP contribution in [0.3, 0.4) is 0 Å². The van der Waals surface area contributed by atoms with Crippen LogP contribution in [-0.4, -0.2) is 22.1 Å². The standard InChI is InChI=1S/C16H21N3O2S/c1-11-3-2-4-13(9-11)17-14(20)5-6-15-18-16(19-21-15)12-7-8-22-10-12/h7-8,10-11,13H,2-6,9H2,1H3,(H,17,20). The van der Waals surface area contributed by atoms with Crippen LogP contribution in [0.25, 0.3) is 11.4 Å². The van der Waals surface area contributed by atoms with Gasteiger partial charge in [0.1, 0.15) is 0 Å². The third-order valence-corrected chi connectivity index (χ3v) is 4.80. The minimum Gasteiger partial charge on any atom is -0.353 e. The first-order valence-electron chi connectivity index (χ1n) is 7.85. The highest BCUT2D eigenvalue weighted by Gasteiger charge is 2.20. The van der Waals surface area contributed by atoms with E-state index in [0.717, 1.165) is 18.4 Å². The van der Waals surface area contributed by atoms with E-state index in [0.29, 0.717) is 36.5 Å². The fourth-order valence-electron chi connectivity index (χ4n) is 2.95. The summed E-state index contributed by atoms with van der Waals surface area (Å²) in [6.07, 6.45) is 5.56. The van der Waals surface area contributed by atoms with E-state index in [1.54, 1.807) is 11.3 Å². The Kier molecular flexibility index (Phi) is 4.87. The van der Waals surface area contributed by atoms with Crippen molar-refractivity contribution in [2.75, 3.05) is 0 Å². The van der Waals surface area contributed by atoms with Gasteiger partial charge in [-0.15, -0.1) is 0 Å². The SMILES string of the molecule is CC1CCCC(NC(=O)CCc2nc(-c3ccsc3)no2)C1. The van der Waals surface area contributed by atoms with Crippen LogP contribution in [-0.2, 0) is 11.2 Å². The van der Waals surface area contributed by atoms with E-state index in [2.05, 4.69) is 22.4 Å². The predicted octanol–water partition coefficient (Wildman–Crippen LogP) is 3.43. The molecule has 2 heterocycles. The van der Waals surface area contributed by atoms with Crippen molar-refractivity contribution in [1.29, 1.82) is 0 Å². The fourth-order valence-corrected chi connectivity index (χ4v) is 3.59. The number of aryl methyl sites for hydroxylation is 1. The van der Waals surface area contributed by atoms with E-state index in [-0.39, 0.29) is 5.91 Å². The number of carbonyl (C=O) groups is 1. The quantitative estimate of drug-likeness (QED) is 0.917. The van der Waals surface area contributed by atoms with Gasteiger partial charge in [0.2, 0.25) is 17.6 Å². The summed E-state index contributed by atoms with van der Waals surface area (Å²) >= 11 is 1.60. The van der Waals surface area contributed by atoms with Gasteiger partial charge in [0.05, 0.1) is 0 Å². The molecule has 1 saturated carbocycles. The number of hydrogen-bond acceptors (Lipinski definition) is 5. The molecule has 0 saturated heterocycles. The molecule has 5 nitrogen and oxygen atoms in total. The van der Waals surface area contributed by atoms with E-state index in [1.165, 1.54) is 12.8 Å². The summed E-state index contributed by atoms with van der Waals surface area (Å²) in [6.45, 7) is 2.25. The summed E-state index contributed by atoms with van der Waals surface area (Å²) in [5, 5.41) is 11.0. The lowest BCUT2D eigenvalue weighted by Gasteiger charge is -2.27. The number of aromatic nitrogens is 2. The van der Waals surface area contributed by atoms with Gasteiger partial charge in [-0.2, -0.15) is 16.3 Å². The summed E-state index contributed by atoms with van der Waals surface area (Å²) in [4.78, 5) is 16.4. The zero-order valence-corrected chi connectivity index (χ0v) is 13.6. The Labute approximate surface area is 134 Å². The van der Waals surface area contributed by atoms with Crippen molar-refractivity contribution in [2.45, 2.75) is 51.5 Å². The van der Waals surface area contributed by atoms with Crippen molar-refractivity contribution in [3.05, 3.63) is 22.7 Å². The molecule has 2 unspecified atom stereocenters. The second-order valence-electron chi connectivity index (χ2n) is 6.06. The van der Waals surface area contributed by atoms with Crippen molar-refractivity contribution in [1.82, 2.24) is 15.5 Å². The topological polar surface area (TPSA) is 68.0 Å². The number of hydrogen-bond donors (Lipinski definition) is 1. The third kappa shape index (κ3) is 3.94. The van der Waals surface area contributed by atoms with Crippen LogP contribution in [0, 0.1) is 5.92 Å². The number of carbonyl (C=O) groups excluding carboxylic acids is 1. The fraction of sp³-hybridized carbons (Fsp3) is 0.562. The molecule has 2 aromatic rings.